The molecule has 6 nitrogen and oxygen atoms in total. The molecule has 0 saturated carbocycles. The molecule has 6 heteroatoms. The second-order valence-corrected chi connectivity index (χ2v) is 6.83. The van der Waals surface area contributed by atoms with Crippen molar-refractivity contribution in [1.29, 1.82) is 0 Å². The van der Waals surface area contributed by atoms with Gasteiger partial charge in [0.15, 0.2) is 5.96 Å². The predicted molar refractivity (Wildman–Crippen MR) is 105 cm³/mol. The Kier molecular flexibility index (Phi) is 9.58. The van der Waals surface area contributed by atoms with Crippen LogP contribution < -0.4 is 16.0 Å². The third-order valence-corrected chi connectivity index (χ3v) is 3.83. The number of pyridine rings is 1. The molecule has 1 aromatic rings. The van der Waals surface area contributed by atoms with Crippen LogP contribution in [0.4, 0.5) is 5.82 Å². The third kappa shape index (κ3) is 9.69. The number of aliphatic imine (C=N–C) groups is 1. The van der Waals surface area contributed by atoms with Crippen LogP contribution in [0.5, 0.6) is 0 Å². The van der Waals surface area contributed by atoms with E-state index >= 15 is 0 Å². The van der Waals surface area contributed by atoms with Crippen molar-refractivity contribution >= 4 is 17.7 Å². The van der Waals surface area contributed by atoms with E-state index in [2.05, 4.69) is 46.7 Å². The summed E-state index contributed by atoms with van der Waals surface area (Å²) in [6, 6.07) is 5.92. The Morgan fingerprint density at radius 2 is 2.00 bits per heavy atom. The second-order valence-electron chi connectivity index (χ2n) is 6.83. The molecule has 25 heavy (non-hydrogen) atoms. The van der Waals surface area contributed by atoms with Crippen molar-refractivity contribution in [2.24, 2.45) is 10.9 Å². The van der Waals surface area contributed by atoms with Crippen LogP contribution >= 0.6 is 0 Å². The van der Waals surface area contributed by atoms with E-state index in [9.17, 15) is 4.79 Å². The molecule has 0 radical (unpaired) electrons. The Labute approximate surface area is 151 Å². The van der Waals surface area contributed by atoms with Crippen LogP contribution in [0.15, 0.2) is 23.2 Å². The molecule has 1 amide bonds. The predicted octanol–water partition coefficient (Wildman–Crippen LogP) is 3.10. The first kappa shape index (κ1) is 20.9. The lowest BCUT2D eigenvalue weighted by Gasteiger charge is -2.18. The van der Waals surface area contributed by atoms with Crippen molar-refractivity contribution in [2.75, 3.05) is 18.9 Å². The molecule has 0 saturated heterocycles. The van der Waals surface area contributed by atoms with Gasteiger partial charge in [0.25, 0.3) is 0 Å². The highest BCUT2D eigenvalue weighted by Gasteiger charge is 2.07. The van der Waals surface area contributed by atoms with Gasteiger partial charge in [0.05, 0.1) is 0 Å². The first-order chi connectivity index (χ1) is 11.9. The minimum absolute atomic E-state index is 0.0639. The molecule has 0 spiro atoms. The fourth-order valence-electron chi connectivity index (χ4n) is 2.44. The van der Waals surface area contributed by atoms with Gasteiger partial charge in [-0.05, 0) is 38.3 Å². The van der Waals surface area contributed by atoms with Crippen LogP contribution in [0.1, 0.15) is 52.1 Å². The molecule has 0 aliphatic carbocycles. The summed E-state index contributed by atoms with van der Waals surface area (Å²) in [6.45, 7) is 9.07. The molecule has 1 unspecified atom stereocenters. The Morgan fingerprint density at radius 1 is 1.24 bits per heavy atom. The Bertz CT molecular complexity index is 557. The lowest BCUT2D eigenvalue weighted by molar-refractivity contribution is -0.116. The van der Waals surface area contributed by atoms with Crippen LogP contribution in [-0.2, 0) is 4.79 Å². The average Bonchev–Trinajstić information content (AvgIpc) is 2.53. The van der Waals surface area contributed by atoms with Crippen molar-refractivity contribution in [3.05, 3.63) is 23.9 Å². The van der Waals surface area contributed by atoms with Crippen LogP contribution in [0.25, 0.3) is 0 Å². The number of aromatic nitrogens is 1. The molecule has 0 aliphatic rings. The molecule has 0 fully saturated rings. The number of rotatable bonds is 9. The van der Waals surface area contributed by atoms with Crippen molar-refractivity contribution in [3.63, 3.8) is 0 Å². The smallest absolute Gasteiger partial charge is 0.227 e. The maximum absolute atomic E-state index is 12.0. The van der Waals surface area contributed by atoms with Gasteiger partial charge in [0.1, 0.15) is 5.82 Å². The van der Waals surface area contributed by atoms with E-state index in [1.807, 2.05) is 19.1 Å². The molecule has 1 heterocycles. The molecule has 3 N–H and O–H groups in total. The summed E-state index contributed by atoms with van der Waals surface area (Å²) in [5.41, 5.74) is 0.881. The molecule has 140 valence electrons. The lowest BCUT2D eigenvalue weighted by atomic mass is 10.0. The van der Waals surface area contributed by atoms with E-state index < -0.39 is 0 Å². The molecule has 1 atom stereocenters. The zero-order valence-electron chi connectivity index (χ0n) is 16.2. The first-order valence-corrected chi connectivity index (χ1v) is 9.11. The van der Waals surface area contributed by atoms with Crippen LogP contribution in [0.3, 0.4) is 0 Å². The van der Waals surface area contributed by atoms with Gasteiger partial charge in [-0.1, -0.05) is 32.8 Å². The maximum atomic E-state index is 12.0. The number of nitrogens with zero attached hydrogens (tertiary/aromatic N) is 2. The number of hydrogen-bond acceptors (Lipinski definition) is 3. The van der Waals surface area contributed by atoms with Gasteiger partial charge in [-0.3, -0.25) is 9.79 Å². The lowest BCUT2D eigenvalue weighted by Crippen LogP contribution is -2.43. The Morgan fingerprint density at radius 3 is 2.64 bits per heavy atom. The third-order valence-electron chi connectivity index (χ3n) is 3.83. The van der Waals surface area contributed by atoms with Crippen molar-refractivity contribution in [3.8, 4) is 0 Å². The zero-order chi connectivity index (χ0) is 18.7. The highest BCUT2D eigenvalue weighted by Crippen LogP contribution is 2.08. The number of carbonyl (C=O) groups excluding carboxylic acids is 1. The number of nitrogens with one attached hydrogen (secondary N) is 3. The summed E-state index contributed by atoms with van der Waals surface area (Å²) < 4.78 is 0. The van der Waals surface area contributed by atoms with Gasteiger partial charge in [-0.2, -0.15) is 0 Å². The molecule has 0 aliphatic heterocycles. The molecule has 1 rings (SSSR count). The molecule has 0 aromatic carbocycles. The number of carbonyl (C=O) groups is 1. The second kappa shape index (κ2) is 11.4. The van der Waals surface area contributed by atoms with Crippen LogP contribution in [0.2, 0.25) is 0 Å². The summed E-state index contributed by atoms with van der Waals surface area (Å²) in [6.07, 6.45) is 3.91. The monoisotopic (exact) mass is 347 g/mol. The molecule has 0 bridgehead atoms. The largest absolute Gasteiger partial charge is 0.356 e. The average molecular weight is 348 g/mol. The minimum atomic E-state index is -0.0639. The number of hydrogen-bond donors (Lipinski definition) is 3. The van der Waals surface area contributed by atoms with Crippen molar-refractivity contribution in [1.82, 2.24) is 15.6 Å². The summed E-state index contributed by atoms with van der Waals surface area (Å²) in [5, 5.41) is 9.35. The normalized spacial score (nSPS) is 12.8. The fraction of sp³-hybridized carbons (Fsp3) is 0.632. The van der Waals surface area contributed by atoms with Crippen molar-refractivity contribution in [2.45, 2.75) is 59.4 Å². The Hall–Kier alpha value is -2.11. The van der Waals surface area contributed by atoms with Gasteiger partial charge >= 0.3 is 0 Å². The van der Waals surface area contributed by atoms with E-state index in [-0.39, 0.29) is 5.91 Å². The highest BCUT2D eigenvalue weighted by atomic mass is 16.1. The fourth-order valence-corrected chi connectivity index (χ4v) is 2.44. The van der Waals surface area contributed by atoms with Crippen molar-refractivity contribution < 1.29 is 4.79 Å². The maximum Gasteiger partial charge on any atom is 0.227 e. The minimum Gasteiger partial charge on any atom is -0.356 e. The van der Waals surface area contributed by atoms with Crippen LogP contribution in [0, 0.1) is 12.8 Å². The van der Waals surface area contributed by atoms with E-state index in [0.29, 0.717) is 24.8 Å². The molecule has 1 aromatic heterocycles. The summed E-state index contributed by atoms with van der Waals surface area (Å²) in [4.78, 5) is 20.4. The Balaban J connectivity index is 2.26. The van der Waals surface area contributed by atoms with Gasteiger partial charge in [0, 0.05) is 31.7 Å². The summed E-state index contributed by atoms with van der Waals surface area (Å²) in [5.74, 6) is 2.00. The molecular weight excluding hydrogens is 314 g/mol. The number of anilines is 1. The van der Waals surface area contributed by atoms with Gasteiger partial charge in [0.2, 0.25) is 5.91 Å². The standard InChI is InChI=1S/C19H33N5O/c1-14(2)8-6-9-16(4)23-19(20-5)21-13-12-18(25)24-17-11-7-10-15(3)22-17/h7,10-11,14,16H,6,8-9,12-13H2,1-5H3,(H2,20,21,23)(H,22,24,25). The summed E-state index contributed by atoms with van der Waals surface area (Å²) >= 11 is 0. The topological polar surface area (TPSA) is 78.4 Å². The number of amides is 1. The molecular formula is C19H33N5O. The number of aryl methyl sites for hydroxylation is 1. The summed E-state index contributed by atoms with van der Waals surface area (Å²) in [7, 11) is 1.74. The first-order valence-electron chi connectivity index (χ1n) is 9.11. The van der Waals surface area contributed by atoms with E-state index in [4.69, 9.17) is 0 Å². The SMILES string of the molecule is CN=C(NCCC(=O)Nc1cccc(C)n1)NC(C)CCCC(C)C. The van der Waals surface area contributed by atoms with Gasteiger partial charge in [-0.15, -0.1) is 0 Å². The van der Waals surface area contributed by atoms with E-state index in [1.54, 1.807) is 13.1 Å². The van der Waals surface area contributed by atoms with Gasteiger partial charge < -0.3 is 16.0 Å². The quantitative estimate of drug-likeness (QED) is 0.474. The van der Waals surface area contributed by atoms with Crippen LogP contribution in [-0.4, -0.2) is 36.5 Å². The van der Waals surface area contributed by atoms with E-state index in [1.165, 1.54) is 12.8 Å². The van der Waals surface area contributed by atoms with Gasteiger partial charge in [-0.25, -0.2) is 4.98 Å². The van der Waals surface area contributed by atoms with E-state index in [0.717, 1.165) is 24.0 Å². The highest BCUT2D eigenvalue weighted by molar-refractivity contribution is 5.90. The number of guanidine groups is 1. The zero-order valence-corrected chi connectivity index (χ0v) is 16.2.